The zero-order valence-electron chi connectivity index (χ0n) is 11.7. The molecule has 0 saturated carbocycles. The Hall–Kier alpha value is -2.48. The van der Waals surface area contributed by atoms with Gasteiger partial charge in [0.1, 0.15) is 5.75 Å². The van der Waals surface area contributed by atoms with Gasteiger partial charge >= 0.3 is 0 Å². The minimum Gasteiger partial charge on any atom is -0.497 e. The zero-order chi connectivity index (χ0) is 13.9. The van der Waals surface area contributed by atoms with Crippen molar-refractivity contribution in [3.8, 4) is 28.3 Å². The van der Waals surface area contributed by atoms with Crippen molar-refractivity contribution in [1.29, 1.82) is 0 Å². The van der Waals surface area contributed by atoms with Crippen molar-refractivity contribution >= 4 is 0 Å². The van der Waals surface area contributed by atoms with E-state index in [0.717, 1.165) is 5.75 Å². The van der Waals surface area contributed by atoms with E-state index in [1.54, 1.807) is 7.11 Å². The fraction of sp³-hybridized carbons (Fsp3) is 0.111. The Bertz CT molecular complexity index is 696. The molecule has 0 aliphatic heterocycles. The van der Waals surface area contributed by atoms with Gasteiger partial charge in [0.25, 0.3) is 0 Å². The zero-order valence-corrected chi connectivity index (χ0v) is 11.7. The summed E-state index contributed by atoms with van der Waals surface area (Å²) in [6.07, 6.45) is 0. The van der Waals surface area contributed by atoms with E-state index < -0.39 is 0 Å². The fourth-order valence-corrected chi connectivity index (χ4v) is 2.46. The Balaban J connectivity index is 2.01. The second kappa shape index (κ2) is 5.25. The lowest BCUT2D eigenvalue weighted by molar-refractivity contribution is 0.415. The lowest BCUT2D eigenvalue weighted by Crippen LogP contribution is -1.94. The van der Waals surface area contributed by atoms with Crippen molar-refractivity contribution in [1.82, 2.24) is 4.57 Å². The first kappa shape index (κ1) is 12.5. The van der Waals surface area contributed by atoms with Crippen LogP contribution in [0.25, 0.3) is 22.5 Å². The molecule has 0 aliphatic carbocycles. The van der Waals surface area contributed by atoms with Gasteiger partial charge in [0.05, 0.1) is 7.11 Å². The third-order valence-corrected chi connectivity index (χ3v) is 3.58. The largest absolute Gasteiger partial charge is 0.497 e. The molecule has 0 N–H and O–H groups in total. The van der Waals surface area contributed by atoms with Crippen LogP contribution in [0.3, 0.4) is 0 Å². The van der Waals surface area contributed by atoms with Crippen molar-refractivity contribution in [2.24, 2.45) is 7.05 Å². The Morgan fingerprint density at radius 3 is 1.80 bits per heavy atom. The Morgan fingerprint density at radius 1 is 0.700 bits per heavy atom. The van der Waals surface area contributed by atoms with Crippen LogP contribution >= 0.6 is 0 Å². The molecule has 2 aromatic carbocycles. The van der Waals surface area contributed by atoms with Gasteiger partial charge in [0, 0.05) is 18.4 Å². The fourth-order valence-electron chi connectivity index (χ4n) is 2.46. The highest BCUT2D eigenvalue weighted by molar-refractivity contribution is 5.69. The Morgan fingerprint density at radius 2 is 1.25 bits per heavy atom. The van der Waals surface area contributed by atoms with E-state index in [9.17, 15) is 0 Å². The van der Waals surface area contributed by atoms with Crippen LogP contribution < -0.4 is 4.74 Å². The monoisotopic (exact) mass is 263 g/mol. The van der Waals surface area contributed by atoms with Crippen LogP contribution in [-0.4, -0.2) is 11.7 Å². The first-order chi connectivity index (χ1) is 9.79. The van der Waals surface area contributed by atoms with Crippen LogP contribution in [0.2, 0.25) is 0 Å². The molecule has 100 valence electrons. The van der Waals surface area contributed by atoms with Gasteiger partial charge in [0.15, 0.2) is 0 Å². The molecular weight excluding hydrogens is 246 g/mol. The summed E-state index contributed by atoms with van der Waals surface area (Å²) in [5.74, 6) is 0.881. The van der Waals surface area contributed by atoms with Crippen LogP contribution in [-0.2, 0) is 7.05 Å². The van der Waals surface area contributed by atoms with Crippen LogP contribution in [0.4, 0.5) is 0 Å². The first-order valence-corrected chi connectivity index (χ1v) is 6.65. The van der Waals surface area contributed by atoms with E-state index in [1.165, 1.54) is 22.5 Å². The topological polar surface area (TPSA) is 14.2 Å². The molecule has 0 amide bonds. The highest BCUT2D eigenvalue weighted by Gasteiger charge is 2.08. The molecule has 0 radical (unpaired) electrons. The van der Waals surface area contributed by atoms with E-state index in [0.29, 0.717) is 0 Å². The average molecular weight is 263 g/mol. The van der Waals surface area contributed by atoms with Gasteiger partial charge in [-0.25, -0.2) is 0 Å². The maximum absolute atomic E-state index is 5.20. The van der Waals surface area contributed by atoms with Gasteiger partial charge < -0.3 is 9.30 Å². The molecule has 0 unspecified atom stereocenters. The van der Waals surface area contributed by atoms with Gasteiger partial charge in [-0.15, -0.1) is 0 Å². The van der Waals surface area contributed by atoms with E-state index in [1.807, 2.05) is 18.2 Å². The summed E-state index contributed by atoms with van der Waals surface area (Å²) in [6.45, 7) is 0. The molecule has 2 nitrogen and oxygen atoms in total. The highest BCUT2D eigenvalue weighted by atomic mass is 16.5. The molecule has 1 heterocycles. The number of hydrogen-bond donors (Lipinski definition) is 0. The Labute approximate surface area is 119 Å². The standard InChI is InChI=1S/C18H17NO/c1-19-17(14-6-4-3-5-7-14)12-13-18(19)15-8-10-16(20-2)11-9-15/h3-13H,1-2H3. The lowest BCUT2D eigenvalue weighted by atomic mass is 10.1. The first-order valence-electron chi connectivity index (χ1n) is 6.65. The van der Waals surface area contributed by atoms with Gasteiger partial charge in [-0.2, -0.15) is 0 Å². The molecule has 2 heteroatoms. The molecular formula is C18H17NO. The number of hydrogen-bond acceptors (Lipinski definition) is 1. The third-order valence-electron chi connectivity index (χ3n) is 3.58. The molecule has 1 aromatic heterocycles. The van der Waals surface area contributed by atoms with E-state index in [4.69, 9.17) is 4.74 Å². The molecule has 0 bridgehead atoms. The lowest BCUT2D eigenvalue weighted by Gasteiger charge is -2.09. The SMILES string of the molecule is COc1ccc(-c2ccc(-c3ccccc3)n2C)cc1. The van der Waals surface area contributed by atoms with Crippen molar-refractivity contribution in [2.75, 3.05) is 7.11 Å². The Kier molecular flexibility index (Phi) is 3.30. The maximum Gasteiger partial charge on any atom is 0.118 e. The minimum atomic E-state index is 0.881. The van der Waals surface area contributed by atoms with Crippen LogP contribution in [0.15, 0.2) is 66.7 Å². The van der Waals surface area contributed by atoms with Crippen LogP contribution in [0, 0.1) is 0 Å². The number of nitrogens with zero attached hydrogens (tertiary/aromatic N) is 1. The van der Waals surface area contributed by atoms with Crippen molar-refractivity contribution in [2.45, 2.75) is 0 Å². The molecule has 20 heavy (non-hydrogen) atoms. The minimum absolute atomic E-state index is 0.881. The summed E-state index contributed by atoms with van der Waals surface area (Å²) >= 11 is 0. The van der Waals surface area contributed by atoms with E-state index >= 15 is 0 Å². The summed E-state index contributed by atoms with van der Waals surface area (Å²) in [6, 6.07) is 22.9. The molecule has 0 aliphatic rings. The van der Waals surface area contributed by atoms with Crippen molar-refractivity contribution < 1.29 is 4.74 Å². The molecule has 0 spiro atoms. The number of methoxy groups -OCH3 is 1. The van der Waals surface area contributed by atoms with E-state index in [2.05, 4.69) is 60.1 Å². The van der Waals surface area contributed by atoms with Crippen LogP contribution in [0.5, 0.6) is 5.75 Å². The van der Waals surface area contributed by atoms with Gasteiger partial charge in [-0.3, -0.25) is 0 Å². The smallest absolute Gasteiger partial charge is 0.118 e. The van der Waals surface area contributed by atoms with Gasteiger partial charge in [-0.05, 0) is 47.5 Å². The molecule has 3 rings (SSSR count). The predicted octanol–water partition coefficient (Wildman–Crippen LogP) is 4.37. The number of benzene rings is 2. The van der Waals surface area contributed by atoms with Gasteiger partial charge in [-0.1, -0.05) is 30.3 Å². The number of aromatic nitrogens is 1. The number of rotatable bonds is 3. The van der Waals surface area contributed by atoms with Gasteiger partial charge in [0.2, 0.25) is 0 Å². The van der Waals surface area contributed by atoms with Crippen molar-refractivity contribution in [3.63, 3.8) is 0 Å². The molecule has 0 saturated heterocycles. The summed E-state index contributed by atoms with van der Waals surface area (Å²) in [5, 5.41) is 0. The summed E-state index contributed by atoms with van der Waals surface area (Å²) in [5.41, 5.74) is 4.84. The normalized spacial score (nSPS) is 10.5. The van der Waals surface area contributed by atoms with E-state index in [-0.39, 0.29) is 0 Å². The summed E-state index contributed by atoms with van der Waals surface area (Å²) in [7, 11) is 3.78. The summed E-state index contributed by atoms with van der Waals surface area (Å²) in [4.78, 5) is 0. The molecule has 0 atom stereocenters. The molecule has 0 fully saturated rings. The number of ether oxygens (including phenoxy) is 1. The molecule has 3 aromatic rings. The third kappa shape index (κ3) is 2.21. The van der Waals surface area contributed by atoms with Crippen molar-refractivity contribution in [3.05, 3.63) is 66.7 Å². The van der Waals surface area contributed by atoms with Crippen LogP contribution in [0.1, 0.15) is 0 Å². The quantitative estimate of drug-likeness (QED) is 0.684. The summed E-state index contributed by atoms with van der Waals surface area (Å²) < 4.78 is 7.42. The second-order valence-electron chi connectivity index (χ2n) is 4.76. The maximum atomic E-state index is 5.20. The average Bonchev–Trinajstić information content (AvgIpc) is 2.90. The second-order valence-corrected chi connectivity index (χ2v) is 4.76. The predicted molar refractivity (Wildman–Crippen MR) is 82.8 cm³/mol. The highest BCUT2D eigenvalue weighted by Crippen LogP contribution is 2.28.